The monoisotopic (exact) mass is 309 g/mol. The van der Waals surface area contributed by atoms with E-state index < -0.39 is 18.6 Å². The van der Waals surface area contributed by atoms with Crippen molar-refractivity contribution in [3.63, 3.8) is 0 Å². The fraction of sp³-hybridized carbons (Fsp3) is 0.286. The average Bonchev–Trinajstić information content (AvgIpc) is 2.82. The molecular weight excluding hydrogens is 294 g/mol. The topological polar surface area (TPSA) is 76.1 Å². The molecule has 0 unspecified atom stereocenters. The van der Waals surface area contributed by atoms with Gasteiger partial charge < -0.3 is 14.6 Å². The summed E-state index contributed by atoms with van der Waals surface area (Å²) in [7, 11) is 1.49. The Morgan fingerprint density at radius 3 is 2.67 bits per heavy atom. The third-order valence-corrected chi connectivity index (χ3v) is 3.94. The Bertz CT molecular complexity index is 666. The van der Waals surface area contributed by atoms with E-state index >= 15 is 0 Å². The van der Waals surface area contributed by atoms with Crippen LogP contribution in [0.3, 0.4) is 0 Å². The molecule has 21 heavy (non-hydrogen) atoms. The first-order chi connectivity index (χ1) is 10.1. The normalized spacial score (nSPS) is 10.4. The molecule has 2 aromatic rings. The number of anilines is 1. The van der Waals surface area contributed by atoms with Crippen LogP contribution in [0.2, 0.25) is 0 Å². The number of rotatable bonds is 5. The fourth-order valence-corrected chi connectivity index (χ4v) is 3.10. The Kier molecular flexibility index (Phi) is 4.64. The van der Waals surface area contributed by atoms with Crippen LogP contribution < -0.4 is 9.64 Å². The largest absolute Gasteiger partial charge is 0.493 e. The zero-order valence-corrected chi connectivity index (χ0v) is 12.5. The lowest BCUT2D eigenvalue weighted by molar-refractivity contribution is -0.135. The second kappa shape index (κ2) is 6.45. The molecular formula is C14H15NO5S. The Labute approximate surface area is 125 Å². The molecule has 1 heterocycles. The highest BCUT2D eigenvalue weighted by molar-refractivity contribution is 7.23. The van der Waals surface area contributed by atoms with Gasteiger partial charge in [-0.3, -0.25) is 9.69 Å². The van der Waals surface area contributed by atoms with Gasteiger partial charge in [0, 0.05) is 10.1 Å². The minimum absolute atomic E-state index is 0.169. The summed E-state index contributed by atoms with van der Waals surface area (Å²) in [6.45, 7) is 1.35. The van der Waals surface area contributed by atoms with Crippen LogP contribution in [0, 0.1) is 0 Å². The molecule has 6 nitrogen and oxygen atoms in total. The highest BCUT2D eigenvalue weighted by atomic mass is 32.1. The van der Waals surface area contributed by atoms with Crippen molar-refractivity contribution in [2.45, 2.75) is 6.92 Å². The van der Waals surface area contributed by atoms with Gasteiger partial charge in [-0.1, -0.05) is 12.1 Å². The number of ether oxygens (including phenoxy) is 2. The van der Waals surface area contributed by atoms with E-state index in [9.17, 15) is 9.59 Å². The smallest absolute Gasteiger partial charge is 0.415 e. The number of carboxylic acid groups (broad SMARTS) is 1. The molecule has 2 rings (SSSR count). The van der Waals surface area contributed by atoms with E-state index in [1.165, 1.54) is 18.4 Å². The zero-order chi connectivity index (χ0) is 15.4. The third-order valence-electron chi connectivity index (χ3n) is 2.76. The molecule has 0 fully saturated rings. The molecule has 0 aliphatic carbocycles. The van der Waals surface area contributed by atoms with Gasteiger partial charge in [-0.25, -0.2) is 4.79 Å². The maximum atomic E-state index is 12.0. The first kappa shape index (κ1) is 15.1. The van der Waals surface area contributed by atoms with Crippen molar-refractivity contribution in [1.82, 2.24) is 0 Å². The summed E-state index contributed by atoms with van der Waals surface area (Å²) in [4.78, 5) is 24.1. The second-order valence-electron chi connectivity index (χ2n) is 4.12. The molecule has 0 aliphatic rings. The minimum atomic E-state index is -1.12. The van der Waals surface area contributed by atoms with Crippen molar-refractivity contribution in [2.24, 2.45) is 0 Å². The molecule has 1 amide bonds. The number of amides is 1. The van der Waals surface area contributed by atoms with Crippen LogP contribution in [0.25, 0.3) is 10.1 Å². The van der Waals surface area contributed by atoms with Crippen LogP contribution in [0.5, 0.6) is 5.75 Å². The molecule has 0 aliphatic heterocycles. The molecule has 1 aromatic carbocycles. The Morgan fingerprint density at radius 2 is 2.05 bits per heavy atom. The SMILES string of the molecule is CCOC(=O)N(CC(=O)O)c1sc2ccccc2c1OC. The van der Waals surface area contributed by atoms with Crippen LogP contribution in [0.1, 0.15) is 6.92 Å². The highest BCUT2D eigenvalue weighted by Crippen LogP contribution is 2.44. The second-order valence-corrected chi connectivity index (χ2v) is 5.15. The van der Waals surface area contributed by atoms with E-state index in [4.69, 9.17) is 14.6 Å². The standard InChI is InChI=1S/C14H15NO5S/c1-3-20-14(18)15(8-11(16)17)13-12(19-2)9-6-4-5-7-10(9)21-13/h4-7H,3,8H2,1-2H3,(H,16,17). The molecule has 0 bridgehead atoms. The molecule has 1 N–H and O–H groups in total. The lowest BCUT2D eigenvalue weighted by Crippen LogP contribution is -2.35. The van der Waals surface area contributed by atoms with Crippen LogP contribution in [0.15, 0.2) is 24.3 Å². The average molecular weight is 309 g/mol. The van der Waals surface area contributed by atoms with Gasteiger partial charge in [-0.2, -0.15) is 0 Å². The summed E-state index contributed by atoms with van der Waals surface area (Å²) < 4.78 is 11.2. The predicted molar refractivity (Wildman–Crippen MR) is 80.4 cm³/mol. The van der Waals surface area contributed by atoms with Gasteiger partial charge in [0.25, 0.3) is 0 Å². The van der Waals surface area contributed by atoms with E-state index in [1.54, 1.807) is 6.92 Å². The van der Waals surface area contributed by atoms with Crippen LogP contribution in [0.4, 0.5) is 9.80 Å². The van der Waals surface area contributed by atoms with E-state index in [2.05, 4.69) is 0 Å². The Morgan fingerprint density at radius 1 is 1.33 bits per heavy atom. The number of carbonyl (C=O) groups is 2. The van der Waals surface area contributed by atoms with Gasteiger partial charge in [-0.05, 0) is 19.1 Å². The Balaban J connectivity index is 2.52. The van der Waals surface area contributed by atoms with Gasteiger partial charge in [-0.15, -0.1) is 11.3 Å². The number of fused-ring (bicyclic) bond motifs is 1. The van der Waals surface area contributed by atoms with Crippen LogP contribution in [-0.4, -0.2) is 37.4 Å². The molecule has 0 saturated heterocycles. The third kappa shape index (κ3) is 3.08. The van der Waals surface area contributed by atoms with Crippen molar-refractivity contribution in [2.75, 3.05) is 25.2 Å². The molecule has 112 valence electrons. The number of carboxylic acids is 1. The number of carbonyl (C=O) groups excluding carboxylic acids is 1. The summed E-state index contributed by atoms with van der Waals surface area (Å²) in [6, 6.07) is 7.47. The molecule has 0 atom stereocenters. The van der Waals surface area contributed by atoms with E-state index in [0.717, 1.165) is 15.0 Å². The first-order valence-electron chi connectivity index (χ1n) is 6.30. The molecule has 1 aromatic heterocycles. The predicted octanol–water partition coefficient (Wildman–Crippen LogP) is 2.96. The fourth-order valence-electron chi connectivity index (χ4n) is 1.94. The van der Waals surface area contributed by atoms with E-state index in [0.29, 0.717) is 10.8 Å². The molecule has 0 spiro atoms. The molecule has 7 heteroatoms. The zero-order valence-electron chi connectivity index (χ0n) is 11.7. The number of thiophene rings is 1. The number of hydrogen-bond acceptors (Lipinski definition) is 5. The van der Waals surface area contributed by atoms with Crippen molar-refractivity contribution in [1.29, 1.82) is 0 Å². The van der Waals surface area contributed by atoms with Crippen molar-refractivity contribution < 1.29 is 24.2 Å². The highest BCUT2D eigenvalue weighted by Gasteiger charge is 2.26. The summed E-state index contributed by atoms with van der Waals surface area (Å²) >= 11 is 1.29. The number of aliphatic carboxylic acids is 1. The number of nitrogens with zero attached hydrogens (tertiary/aromatic N) is 1. The number of methoxy groups -OCH3 is 1. The summed E-state index contributed by atoms with van der Waals surface area (Å²) in [5.74, 6) is -0.646. The van der Waals surface area contributed by atoms with Crippen molar-refractivity contribution in [3.8, 4) is 5.75 Å². The van der Waals surface area contributed by atoms with Crippen LogP contribution >= 0.6 is 11.3 Å². The van der Waals surface area contributed by atoms with Crippen molar-refractivity contribution >= 4 is 38.5 Å². The Hall–Kier alpha value is -2.28. The lowest BCUT2D eigenvalue weighted by atomic mass is 10.2. The number of benzene rings is 1. The number of hydrogen-bond donors (Lipinski definition) is 1. The molecule has 0 saturated carbocycles. The van der Waals surface area contributed by atoms with Gasteiger partial charge in [0.2, 0.25) is 0 Å². The quantitative estimate of drug-likeness (QED) is 0.919. The van der Waals surface area contributed by atoms with Gasteiger partial charge in [0.1, 0.15) is 11.5 Å². The van der Waals surface area contributed by atoms with E-state index in [1.807, 2.05) is 24.3 Å². The maximum Gasteiger partial charge on any atom is 0.415 e. The minimum Gasteiger partial charge on any atom is -0.493 e. The lowest BCUT2D eigenvalue weighted by Gasteiger charge is -2.19. The maximum absolute atomic E-state index is 12.0. The van der Waals surface area contributed by atoms with Crippen LogP contribution in [-0.2, 0) is 9.53 Å². The van der Waals surface area contributed by atoms with Gasteiger partial charge in [0.15, 0.2) is 5.75 Å². The molecule has 0 radical (unpaired) electrons. The summed E-state index contributed by atoms with van der Waals surface area (Å²) in [5, 5.41) is 10.3. The first-order valence-corrected chi connectivity index (χ1v) is 7.11. The van der Waals surface area contributed by atoms with Gasteiger partial charge in [0.05, 0.1) is 13.7 Å². The summed E-state index contributed by atoms with van der Waals surface area (Å²) in [6.07, 6.45) is -0.704. The van der Waals surface area contributed by atoms with Gasteiger partial charge >= 0.3 is 12.1 Å². The van der Waals surface area contributed by atoms with Crippen molar-refractivity contribution in [3.05, 3.63) is 24.3 Å². The van der Waals surface area contributed by atoms with E-state index in [-0.39, 0.29) is 6.61 Å². The summed E-state index contributed by atoms with van der Waals surface area (Å²) in [5.41, 5.74) is 0.